The Hall–Kier alpha value is -3.76. The van der Waals surface area contributed by atoms with E-state index < -0.39 is 23.4 Å². The van der Waals surface area contributed by atoms with Gasteiger partial charge < -0.3 is 24.7 Å². The van der Waals surface area contributed by atoms with Gasteiger partial charge in [0, 0.05) is 37.0 Å². The first-order chi connectivity index (χ1) is 16.5. The van der Waals surface area contributed by atoms with Crippen LogP contribution < -0.4 is 15.5 Å². The number of alkyl carbamates (subject to hydrolysis) is 1. The number of fused-ring (bicyclic) bond motifs is 1. The highest BCUT2D eigenvalue weighted by Gasteiger charge is 2.56. The number of carbonyl (C=O) groups is 2. The number of nitrogens with zero attached hydrogens (tertiary/aromatic N) is 5. The highest BCUT2D eigenvalue weighted by Crippen LogP contribution is 2.53. The van der Waals surface area contributed by atoms with Crippen LogP contribution in [0.3, 0.4) is 0 Å². The quantitative estimate of drug-likeness (QED) is 0.588. The Morgan fingerprint density at radius 3 is 2.63 bits per heavy atom. The first-order valence-corrected chi connectivity index (χ1v) is 11.5. The Balaban J connectivity index is 1.24. The molecule has 1 aliphatic heterocycles. The molecule has 1 saturated carbocycles. The summed E-state index contributed by atoms with van der Waals surface area (Å²) in [5, 5.41) is 5.67. The fraction of sp³-hybridized carbons (Fsp3) is 0.458. The molecule has 3 aromatic rings. The maximum Gasteiger partial charge on any atom is 0.407 e. The van der Waals surface area contributed by atoms with E-state index >= 15 is 0 Å². The highest BCUT2D eigenvalue weighted by molar-refractivity contribution is 6.02. The third-order valence-corrected chi connectivity index (χ3v) is 6.31. The summed E-state index contributed by atoms with van der Waals surface area (Å²) in [6, 6.07) is 1.18. The number of hydrogen-bond donors (Lipinski definition) is 2. The lowest BCUT2D eigenvalue weighted by Crippen LogP contribution is -2.44. The van der Waals surface area contributed by atoms with Crippen LogP contribution in [0.5, 0.6) is 0 Å². The Morgan fingerprint density at radius 1 is 1.20 bits per heavy atom. The lowest BCUT2D eigenvalue weighted by molar-refractivity contribution is 0.0493. The number of aryl methyl sites for hydroxylation is 1. The molecular formula is C24H28FN7O3. The molecule has 2 fully saturated rings. The molecule has 1 atom stereocenters. The minimum absolute atomic E-state index is 0.0169. The van der Waals surface area contributed by atoms with Crippen LogP contribution in [0.1, 0.15) is 49.8 Å². The molecule has 10 nitrogen and oxygen atoms in total. The van der Waals surface area contributed by atoms with Gasteiger partial charge in [-0.3, -0.25) is 4.79 Å². The molecule has 35 heavy (non-hydrogen) atoms. The van der Waals surface area contributed by atoms with Crippen molar-refractivity contribution >= 4 is 29.2 Å². The summed E-state index contributed by atoms with van der Waals surface area (Å²) in [6.45, 7) is 8.60. The van der Waals surface area contributed by atoms with E-state index in [0.29, 0.717) is 18.1 Å². The number of halogens is 1. The van der Waals surface area contributed by atoms with E-state index in [1.54, 1.807) is 25.5 Å². The Kier molecular flexibility index (Phi) is 5.37. The van der Waals surface area contributed by atoms with Gasteiger partial charge in [0.2, 0.25) is 0 Å². The van der Waals surface area contributed by atoms with Crippen LogP contribution in [0.25, 0.3) is 5.65 Å². The average Bonchev–Trinajstić information content (AvgIpc) is 3.31. The highest BCUT2D eigenvalue weighted by atomic mass is 19.1. The maximum absolute atomic E-state index is 14.3. The lowest BCUT2D eigenvalue weighted by Gasteiger charge is -2.23. The van der Waals surface area contributed by atoms with Crippen molar-refractivity contribution in [3.63, 3.8) is 0 Å². The van der Waals surface area contributed by atoms with Gasteiger partial charge in [-0.15, -0.1) is 0 Å². The van der Waals surface area contributed by atoms with Crippen LogP contribution >= 0.6 is 0 Å². The molecule has 11 heteroatoms. The predicted octanol–water partition coefficient (Wildman–Crippen LogP) is 3.32. The zero-order chi connectivity index (χ0) is 25.0. The second-order valence-electron chi connectivity index (χ2n) is 10.3. The summed E-state index contributed by atoms with van der Waals surface area (Å²) in [5.74, 6) is -0.401. The Bertz CT molecular complexity index is 1290. The minimum Gasteiger partial charge on any atom is -0.444 e. The van der Waals surface area contributed by atoms with Crippen LogP contribution in [0.2, 0.25) is 0 Å². The molecule has 2 aliphatic rings. The van der Waals surface area contributed by atoms with Crippen LogP contribution in [0.4, 0.5) is 20.7 Å². The van der Waals surface area contributed by atoms with Gasteiger partial charge in [-0.25, -0.2) is 24.1 Å². The summed E-state index contributed by atoms with van der Waals surface area (Å²) in [7, 11) is 0. The zero-order valence-corrected chi connectivity index (χ0v) is 20.1. The summed E-state index contributed by atoms with van der Waals surface area (Å²) >= 11 is 0. The normalized spacial score (nSPS) is 18.7. The summed E-state index contributed by atoms with van der Waals surface area (Å²) in [6.07, 6.45) is 7.84. The number of pyridine rings is 1. The second kappa shape index (κ2) is 8.17. The molecular weight excluding hydrogens is 453 g/mol. The summed E-state index contributed by atoms with van der Waals surface area (Å²) in [5.41, 5.74) is 0.726. The smallest absolute Gasteiger partial charge is 0.407 e. The van der Waals surface area contributed by atoms with Crippen LogP contribution in [0, 0.1) is 18.2 Å². The first kappa shape index (κ1) is 23.0. The molecule has 4 heterocycles. The minimum atomic E-state index is -0.559. The maximum atomic E-state index is 14.3. The molecule has 2 N–H and O–H groups in total. The van der Waals surface area contributed by atoms with Crippen LogP contribution in [0.15, 0.2) is 30.9 Å². The monoisotopic (exact) mass is 481 g/mol. The number of imidazole rings is 1. The van der Waals surface area contributed by atoms with Crippen molar-refractivity contribution < 1.29 is 18.7 Å². The van der Waals surface area contributed by atoms with E-state index in [9.17, 15) is 14.0 Å². The molecule has 3 aromatic heterocycles. The van der Waals surface area contributed by atoms with Crippen molar-refractivity contribution in [2.75, 3.05) is 23.3 Å². The molecule has 1 saturated heterocycles. The number of nitrogens with one attached hydrogen (secondary N) is 2. The fourth-order valence-corrected chi connectivity index (χ4v) is 4.50. The van der Waals surface area contributed by atoms with Gasteiger partial charge in [-0.1, -0.05) is 0 Å². The Morgan fingerprint density at radius 2 is 1.97 bits per heavy atom. The van der Waals surface area contributed by atoms with Gasteiger partial charge in [-0.05, 0) is 40.5 Å². The van der Waals surface area contributed by atoms with Crippen molar-refractivity contribution in [3.05, 3.63) is 48.1 Å². The number of anilines is 2. The topological polar surface area (TPSA) is 114 Å². The van der Waals surface area contributed by atoms with E-state index in [4.69, 9.17) is 4.74 Å². The van der Waals surface area contributed by atoms with Gasteiger partial charge in [0.1, 0.15) is 17.1 Å². The fourth-order valence-electron chi connectivity index (χ4n) is 4.50. The molecule has 0 radical (unpaired) electrons. The SMILES string of the molecule is Cc1cn2cc(NC(=O)c3cnc(N4C[C@@H](NC(=O)OC(C)(C)C)C5(CC5)C4)cn3)cc(F)c2n1. The average molecular weight is 482 g/mol. The molecule has 2 amide bonds. The molecule has 0 aromatic carbocycles. The second-order valence-corrected chi connectivity index (χ2v) is 10.3. The van der Waals surface area contributed by atoms with Gasteiger partial charge in [0.25, 0.3) is 5.91 Å². The summed E-state index contributed by atoms with van der Waals surface area (Å²) < 4.78 is 21.2. The van der Waals surface area contributed by atoms with Crippen molar-refractivity contribution in [1.82, 2.24) is 24.7 Å². The number of carbonyl (C=O) groups excluding carboxylic acids is 2. The third-order valence-electron chi connectivity index (χ3n) is 6.31. The van der Waals surface area contributed by atoms with Crippen molar-refractivity contribution in [2.45, 2.75) is 52.2 Å². The van der Waals surface area contributed by atoms with E-state index in [2.05, 4.69) is 30.5 Å². The van der Waals surface area contributed by atoms with E-state index in [-0.39, 0.29) is 28.5 Å². The zero-order valence-electron chi connectivity index (χ0n) is 20.1. The number of aromatic nitrogens is 4. The number of rotatable bonds is 4. The van der Waals surface area contributed by atoms with E-state index in [0.717, 1.165) is 19.4 Å². The van der Waals surface area contributed by atoms with Crippen molar-refractivity contribution in [2.24, 2.45) is 5.41 Å². The third kappa shape index (κ3) is 4.75. The molecule has 1 spiro atoms. The number of amides is 2. The first-order valence-electron chi connectivity index (χ1n) is 11.5. The van der Waals surface area contributed by atoms with Gasteiger partial charge in [0.05, 0.1) is 29.8 Å². The van der Waals surface area contributed by atoms with Gasteiger partial charge in [0.15, 0.2) is 11.5 Å². The number of ether oxygens (including phenoxy) is 1. The molecule has 0 bridgehead atoms. The number of hydrogen-bond acceptors (Lipinski definition) is 7. The molecule has 0 unspecified atom stereocenters. The van der Waals surface area contributed by atoms with E-state index in [1.165, 1.54) is 16.7 Å². The van der Waals surface area contributed by atoms with Crippen LogP contribution in [-0.2, 0) is 4.74 Å². The lowest BCUT2D eigenvalue weighted by atomic mass is 10.0. The summed E-state index contributed by atoms with van der Waals surface area (Å²) in [4.78, 5) is 39.8. The van der Waals surface area contributed by atoms with Gasteiger partial charge >= 0.3 is 6.09 Å². The molecule has 5 rings (SSSR count). The van der Waals surface area contributed by atoms with Crippen LogP contribution in [-0.4, -0.2) is 56.1 Å². The van der Waals surface area contributed by atoms with Crippen molar-refractivity contribution in [1.29, 1.82) is 0 Å². The van der Waals surface area contributed by atoms with E-state index in [1.807, 2.05) is 20.8 Å². The van der Waals surface area contributed by atoms with Crippen molar-refractivity contribution in [3.8, 4) is 0 Å². The molecule has 184 valence electrons. The standard InChI is InChI=1S/C24H28FN7O3/c1-14-10-31-11-15(7-16(25)20(31)28-14)29-21(33)17-8-27-19(9-26-17)32-12-18(24(13-32)5-6-24)30-22(34)35-23(2,3)4/h7-11,18H,5-6,12-13H2,1-4H3,(H,29,33)(H,30,34)/t18-/m1/s1. The largest absolute Gasteiger partial charge is 0.444 e. The van der Waals surface area contributed by atoms with Gasteiger partial charge in [-0.2, -0.15) is 0 Å². The molecule has 1 aliphatic carbocycles. The predicted molar refractivity (Wildman–Crippen MR) is 127 cm³/mol. The Labute approximate surface area is 201 Å².